The number of benzene rings is 3. The maximum absolute atomic E-state index is 13.8. The summed E-state index contributed by atoms with van der Waals surface area (Å²) in [5.41, 5.74) is 1.38. The number of nitrogens with one attached hydrogen (secondary N) is 8. The number of likely N-dealkylation sites (tertiary alicyclic amines) is 1. The molecule has 38 heteroatoms. The highest BCUT2D eigenvalue weighted by Gasteiger charge is 2.43. The summed E-state index contributed by atoms with van der Waals surface area (Å²) in [7, 11) is 8.67. The van der Waals surface area contributed by atoms with Gasteiger partial charge in [0, 0.05) is 139 Å². The Bertz CT molecular complexity index is 5430. The molecule has 3 aromatic carbocycles. The lowest BCUT2D eigenvalue weighted by molar-refractivity contribution is -0.134. The number of aliphatic hydroxyl groups excluding tert-OH is 1. The van der Waals surface area contributed by atoms with E-state index in [4.69, 9.17) is 43.0 Å². The van der Waals surface area contributed by atoms with E-state index >= 15 is 0 Å². The molecule has 38 nitrogen and oxygen atoms in total. The van der Waals surface area contributed by atoms with Gasteiger partial charge in [0.2, 0.25) is 35.4 Å². The molecule has 7 amide bonds. The van der Waals surface area contributed by atoms with Gasteiger partial charge in [0.1, 0.15) is 46.3 Å². The van der Waals surface area contributed by atoms with Gasteiger partial charge in [-0.05, 0) is 225 Å². The standard InChI is InChI=1S/C35H49N3O10.C30H41N3O8.C25H33N3O6.C7H10N2.C5H10O3.3CH4/c1-20(2)15-22(17-27(39)26-18-23-24(36-26)11-10-12-29(23)45-9)30(41)37-25(28(40)19-46-33(44)48-35(6,7)8)16-21-13-14-38(31(21)42)32(43)47-34(3,4)5;1-17(2)12-19(14-24(34)23-15-20-21(32-23)8-7-9-26(20)39-6)28(37)33-22(13-18-10-11-31-27(18)36)25(35)16-40-29(38)41-30(3,4)5;1-14(2)9-16(11-21(30)20-12-17-18(27-20)5-4-6-23(17)34-3)25(33)28-19(22(31)13-29)10-15-7-8-26-24(15)32;1-9(2)7-3-5-8-6-4-7;1-5(2,3)8-4(6)7;;;/h10-12,18,20-22,25,36H,13-17,19H2,1-9H3,(H,37,41);7-9,15,17-19,22,32H,10-14,16H2,1-6H3,(H,31,36)(H,33,37);4-6,12,14-16,19,27,29H,7-11,13H2,1-3H3,(H,26,32)(H,28,33);3-6H,1-2H3;1-3H3,(H,6,7);3*1H4/t21-,22+,25-;18-,19+,22-;15-,16+,19-;;;;;/m000...../s1. The summed E-state index contributed by atoms with van der Waals surface area (Å²) in [5, 5.41) is 33.3. The van der Waals surface area contributed by atoms with Gasteiger partial charge in [0.25, 0.3) is 0 Å². The molecule has 0 spiro atoms. The van der Waals surface area contributed by atoms with Crippen LogP contribution in [0, 0.1) is 53.3 Å². The molecule has 0 aliphatic carbocycles. The molecule has 10 rings (SSSR count). The molecule has 0 saturated carbocycles. The molecule has 7 heterocycles. The number of H-pyrrole nitrogens is 3. The van der Waals surface area contributed by atoms with E-state index in [-0.39, 0.29) is 121 Å². The number of aliphatic hydroxyl groups is 1. The summed E-state index contributed by atoms with van der Waals surface area (Å²) in [4.78, 5) is 220. The normalized spacial score (nSPS) is 15.6. The number of rotatable bonds is 39. The highest BCUT2D eigenvalue weighted by atomic mass is 16.7. The van der Waals surface area contributed by atoms with Crippen molar-refractivity contribution >= 4 is 133 Å². The second kappa shape index (κ2) is 57.1. The van der Waals surface area contributed by atoms with E-state index in [9.17, 15) is 81.8 Å². The SMILES string of the molecule is C.C.C.CC(C)(C)OC(=O)O.CN(C)c1ccncc1.COc1cccc2[nH]c(C(=O)C[C@@H](CC(C)C)C(=O)N[C@@H](C[C@@H]3CCN(C(=O)OC(C)(C)C)C3=O)C(=O)COC(=O)OC(C)(C)C)cc12.COc1cccc2[nH]c(C(=O)C[C@@H](CC(C)C)C(=O)N[C@@H](C[C@@H]3CCNC3=O)C(=O)CO)cc12.COc1cccc2[nH]c(C(=O)C[C@@H](CC(C)C)C(=O)N[C@@H](C[C@@H]3CCNC3=O)C(=O)COC(=O)OC(C)(C)C)cc12. The van der Waals surface area contributed by atoms with E-state index in [1.165, 1.54) is 12.8 Å². The number of ketones is 6. The highest BCUT2D eigenvalue weighted by molar-refractivity contribution is 6.06. The Hall–Kier alpha value is -13.3. The molecular formula is C105H155N11O27. The van der Waals surface area contributed by atoms with Gasteiger partial charge in [-0.25, -0.2) is 24.1 Å². The molecule has 3 aliphatic rings. The molecule has 0 radical (unpaired) electrons. The van der Waals surface area contributed by atoms with Crippen molar-refractivity contribution in [3.8, 4) is 17.2 Å². The molecule has 7 aromatic rings. The number of pyridine rings is 1. The number of amides is 7. The maximum atomic E-state index is 13.8. The highest BCUT2D eigenvalue weighted by Crippen LogP contribution is 2.34. The second-order valence-electron chi connectivity index (χ2n) is 40.2. The van der Waals surface area contributed by atoms with Crippen molar-refractivity contribution in [2.75, 3.05) is 79.8 Å². The number of Topliss-reactive ketones (excluding diaryl/α,β-unsaturated/α-hetero) is 6. The summed E-state index contributed by atoms with van der Waals surface area (Å²) < 4.78 is 46.1. The molecular weight excluding hydrogens is 1850 g/mol. The van der Waals surface area contributed by atoms with Crippen molar-refractivity contribution in [3.63, 3.8) is 0 Å². The Morgan fingerprint density at radius 3 is 1.04 bits per heavy atom. The van der Waals surface area contributed by atoms with Gasteiger partial charge in [-0.3, -0.25) is 62.5 Å². The first-order chi connectivity index (χ1) is 65.5. The van der Waals surface area contributed by atoms with Crippen LogP contribution in [0.4, 0.5) is 24.9 Å². The largest absolute Gasteiger partial charge is 0.509 e. The van der Waals surface area contributed by atoms with Crippen molar-refractivity contribution < 1.29 is 130 Å². The zero-order chi connectivity index (χ0) is 105. The number of carbonyl (C=O) groups is 16. The van der Waals surface area contributed by atoms with Gasteiger partial charge in [-0.15, -0.1) is 0 Å². The van der Waals surface area contributed by atoms with E-state index < -0.39 is 161 Å². The fourth-order valence-electron chi connectivity index (χ4n) is 15.7. The van der Waals surface area contributed by atoms with Crippen LogP contribution in [0.1, 0.15) is 255 Å². The summed E-state index contributed by atoms with van der Waals surface area (Å²) >= 11 is 0. The van der Waals surface area contributed by atoms with E-state index in [2.05, 4.69) is 51.3 Å². The van der Waals surface area contributed by atoms with E-state index in [0.29, 0.717) is 85.0 Å². The van der Waals surface area contributed by atoms with E-state index in [0.717, 1.165) is 32.1 Å². The number of imide groups is 1. The molecule has 792 valence electrons. The fraction of sp³-hybridized carbons (Fsp3) is 0.571. The number of carbonyl (C=O) groups excluding carboxylic acids is 15. The van der Waals surface area contributed by atoms with E-state index in [1.807, 2.05) is 109 Å². The number of nitrogens with zero attached hydrogens (tertiary/aromatic N) is 3. The first-order valence-corrected chi connectivity index (χ1v) is 47.0. The summed E-state index contributed by atoms with van der Waals surface area (Å²) in [5.74, 6) is -6.67. The number of aromatic amines is 3. The third-order valence-electron chi connectivity index (χ3n) is 22.2. The minimum absolute atomic E-state index is 0. The number of anilines is 1. The summed E-state index contributed by atoms with van der Waals surface area (Å²) in [6, 6.07) is 22.1. The first kappa shape index (κ1) is 124. The molecule has 0 bridgehead atoms. The second-order valence-corrected chi connectivity index (χ2v) is 40.2. The predicted octanol–water partition coefficient (Wildman–Crippen LogP) is 16.1. The Kier molecular flexibility index (Phi) is 49.5. The number of aromatic nitrogens is 4. The lowest BCUT2D eigenvalue weighted by atomic mass is 9.89. The van der Waals surface area contributed by atoms with Gasteiger partial charge in [0.05, 0.1) is 56.5 Å². The molecule has 3 saturated heterocycles. The Morgan fingerprint density at radius 1 is 0.455 bits per heavy atom. The van der Waals surface area contributed by atoms with Crippen molar-refractivity contribution in [2.24, 2.45) is 53.3 Å². The van der Waals surface area contributed by atoms with Gasteiger partial charge in [-0.2, -0.15) is 0 Å². The first-order valence-electron chi connectivity index (χ1n) is 47.0. The molecule has 3 aliphatic heterocycles. The van der Waals surface area contributed by atoms with Crippen LogP contribution in [-0.2, 0) is 71.6 Å². The molecule has 143 heavy (non-hydrogen) atoms. The third-order valence-corrected chi connectivity index (χ3v) is 22.2. The molecule has 0 unspecified atom stereocenters. The molecule has 9 atom stereocenters. The van der Waals surface area contributed by atoms with Crippen LogP contribution in [0.5, 0.6) is 17.2 Å². The average Bonchev–Trinajstić information content (AvgIpc) is 1.67. The van der Waals surface area contributed by atoms with Crippen molar-refractivity contribution in [1.29, 1.82) is 0 Å². The van der Waals surface area contributed by atoms with Crippen LogP contribution in [-0.4, -0.2) is 245 Å². The van der Waals surface area contributed by atoms with Crippen molar-refractivity contribution in [3.05, 3.63) is 114 Å². The zero-order valence-electron chi connectivity index (χ0n) is 84.8. The average molecular weight is 2000 g/mol. The minimum atomic E-state index is -1.26. The van der Waals surface area contributed by atoms with Gasteiger partial charge >= 0.3 is 24.6 Å². The van der Waals surface area contributed by atoms with E-state index in [1.54, 1.807) is 146 Å². The van der Waals surface area contributed by atoms with Gasteiger partial charge in [-0.1, -0.05) is 82.0 Å². The number of carboxylic acid groups (broad SMARTS) is 1. The van der Waals surface area contributed by atoms with Crippen LogP contribution in [0.15, 0.2) is 97.3 Å². The summed E-state index contributed by atoms with van der Waals surface area (Å²) in [6.07, 6.45) is 1.76. The van der Waals surface area contributed by atoms with Gasteiger partial charge < -0.3 is 99.3 Å². The van der Waals surface area contributed by atoms with Crippen molar-refractivity contribution in [2.45, 2.75) is 264 Å². The van der Waals surface area contributed by atoms with Crippen LogP contribution >= 0.6 is 0 Å². The number of hydrogen-bond acceptors (Lipinski definition) is 28. The lowest BCUT2D eigenvalue weighted by Crippen LogP contribution is -2.47. The maximum Gasteiger partial charge on any atom is 0.509 e. The topological polar surface area (TPSA) is 524 Å². The Balaban J connectivity index is 0.000000506. The van der Waals surface area contributed by atoms with Crippen LogP contribution in [0.3, 0.4) is 0 Å². The summed E-state index contributed by atoms with van der Waals surface area (Å²) in [6.45, 7) is 30.7. The number of fused-ring (bicyclic) bond motifs is 3. The lowest BCUT2D eigenvalue weighted by Gasteiger charge is -2.25. The quantitative estimate of drug-likeness (QED) is 0.00972. The smallest absolute Gasteiger partial charge is 0.496 e. The number of hydrogen-bond donors (Lipinski definition) is 10. The molecule has 3 fully saturated rings. The van der Waals surface area contributed by atoms with Gasteiger partial charge in [0.15, 0.2) is 47.9 Å². The number of methoxy groups -OCH3 is 3. The van der Waals surface area contributed by atoms with Crippen LogP contribution in [0.25, 0.3) is 32.7 Å². The monoisotopic (exact) mass is 2000 g/mol. The molecule has 4 aromatic heterocycles. The zero-order valence-corrected chi connectivity index (χ0v) is 84.8. The van der Waals surface area contributed by atoms with Crippen LogP contribution in [0.2, 0.25) is 0 Å². The minimum Gasteiger partial charge on any atom is -0.496 e. The fourth-order valence-corrected chi connectivity index (χ4v) is 15.7. The Labute approximate surface area is 839 Å². The number of ether oxygens (including phenoxy) is 9. The molecule has 10 N–H and O–H groups in total. The third kappa shape index (κ3) is 41.3. The predicted molar refractivity (Wildman–Crippen MR) is 542 cm³/mol. The van der Waals surface area contributed by atoms with Crippen molar-refractivity contribution in [1.82, 2.24) is 51.4 Å². The van der Waals surface area contributed by atoms with Crippen LogP contribution < -0.4 is 45.7 Å². The Morgan fingerprint density at radius 2 is 0.776 bits per heavy atom.